The first-order chi connectivity index (χ1) is 9.42. The third-order valence-corrected chi connectivity index (χ3v) is 3.54. The Morgan fingerprint density at radius 2 is 1.90 bits per heavy atom. The van der Waals surface area contributed by atoms with Crippen LogP contribution in [0.25, 0.3) is 0 Å². The fourth-order valence-electron chi connectivity index (χ4n) is 2.10. The summed E-state index contributed by atoms with van der Waals surface area (Å²) in [6.07, 6.45) is 3.11. The van der Waals surface area contributed by atoms with E-state index in [-0.39, 0.29) is 18.1 Å². The largest absolute Gasteiger partial charge is 0.379 e. The number of unbranched alkanes of at least 4 members (excludes halogenated alkanes) is 1. The van der Waals surface area contributed by atoms with Crippen molar-refractivity contribution in [2.75, 3.05) is 41.3 Å². The van der Waals surface area contributed by atoms with E-state index in [1.807, 2.05) is 7.05 Å². The number of methoxy groups -OCH3 is 1. The third-order valence-electron chi connectivity index (χ3n) is 3.54. The molecular formula is C15H33N3O2. The van der Waals surface area contributed by atoms with E-state index in [1.165, 1.54) is 0 Å². The lowest BCUT2D eigenvalue weighted by atomic mass is 10.1. The molecule has 0 spiro atoms. The Morgan fingerprint density at radius 1 is 1.25 bits per heavy atom. The summed E-state index contributed by atoms with van der Waals surface area (Å²) in [6.45, 7) is 5.83. The molecule has 0 radical (unpaired) electrons. The standard InChI is InChI=1S/C15H33N3O2/c1-12(2)14(20-6)11-17-15(19)13(16-3)9-7-8-10-18(4)5/h12-14,16H,7-11H2,1-6H3,(H,17,19)/t13-,14?/m0/s1. The van der Waals surface area contributed by atoms with Crippen LogP contribution >= 0.6 is 0 Å². The molecule has 20 heavy (non-hydrogen) atoms. The zero-order chi connectivity index (χ0) is 15.5. The van der Waals surface area contributed by atoms with Gasteiger partial charge in [-0.2, -0.15) is 0 Å². The Kier molecular flexibility index (Phi) is 10.7. The van der Waals surface area contributed by atoms with Gasteiger partial charge in [0.25, 0.3) is 0 Å². The van der Waals surface area contributed by atoms with E-state index >= 15 is 0 Å². The molecule has 120 valence electrons. The fraction of sp³-hybridized carbons (Fsp3) is 0.933. The van der Waals surface area contributed by atoms with Gasteiger partial charge in [0.2, 0.25) is 5.91 Å². The molecular weight excluding hydrogens is 254 g/mol. The van der Waals surface area contributed by atoms with Crippen LogP contribution in [0.3, 0.4) is 0 Å². The van der Waals surface area contributed by atoms with Crippen molar-refractivity contribution in [1.82, 2.24) is 15.5 Å². The quantitative estimate of drug-likeness (QED) is 0.559. The van der Waals surface area contributed by atoms with Crippen LogP contribution < -0.4 is 10.6 Å². The number of amides is 1. The molecule has 0 aliphatic carbocycles. The third kappa shape index (κ3) is 8.51. The first-order valence-corrected chi connectivity index (χ1v) is 7.54. The lowest BCUT2D eigenvalue weighted by Gasteiger charge is -2.22. The van der Waals surface area contributed by atoms with Crippen molar-refractivity contribution in [2.24, 2.45) is 5.92 Å². The number of nitrogens with zero attached hydrogens (tertiary/aromatic N) is 1. The van der Waals surface area contributed by atoms with Crippen molar-refractivity contribution >= 4 is 5.91 Å². The Morgan fingerprint density at radius 3 is 2.35 bits per heavy atom. The molecule has 0 aromatic rings. The highest BCUT2D eigenvalue weighted by molar-refractivity contribution is 5.81. The van der Waals surface area contributed by atoms with E-state index in [1.54, 1.807) is 7.11 Å². The summed E-state index contributed by atoms with van der Waals surface area (Å²) in [4.78, 5) is 14.3. The highest BCUT2D eigenvalue weighted by atomic mass is 16.5. The Hall–Kier alpha value is -0.650. The van der Waals surface area contributed by atoms with Crippen molar-refractivity contribution in [1.29, 1.82) is 0 Å². The predicted octanol–water partition coefficient (Wildman–Crippen LogP) is 1.09. The Balaban J connectivity index is 4.01. The van der Waals surface area contributed by atoms with Crippen LogP contribution in [0.1, 0.15) is 33.1 Å². The normalized spacial score (nSPS) is 14.6. The molecule has 0 aromatic carbocycles. The molecule has 0 aliphatic rings. The van der Waals surface area contributed by atoms with Crippen LogP contribution in [-0.2, 0) is 9.53 Å². The van der Waals surface area contributed by atoms with E-state index < -0.39 is 0 Å². The molecule has 2 atom stereocenters. The SMILES string of the molecule is CN[C@@H](CCCCN(C)C)C(=O)NCC(OC)C(C)C. The fourth-order valence-corrected chi connectivity index (χ4v) is 2.10. The smallest absolute Gasteiger partial charge is 0.237 e. The molecule has 1 amide bonds. The van der Waals surface area contributed by atoms with Crippen molar-refractivity contribution in [3.63, 3.8) is 0 Å². The van der Waals surface area contributed by atoms with Gasteiger partial charge in [0.1, 0.15) is 0 Å². The van der Waals surface area contributed by atoms with Gasteiger partial charge in [0.15, 0.2) is 0 Å². The molecule has 0 aliphatic heterocycles. The van der Waals surface area contributed by atoms with Gasteiger partial charge in [0, 0.05) is 13.7 Å². The summed E-state index contributed by atoms with van der Waals surface area (Å²) < 4.78 is 5.36. The monoisotopic (exact) mass is 287 g/mol. The van der Waals surface area contributed by atoms with E-state index in [2.05, 4.69) is 43.5 Å². The summed E-state index contributed by atoms with van der Waals surface area (Å²) in [5.41, 5.74) is 0. The Labute approximate surface area is 124 Å². The molecule has 0 saturated heterocycles. The van der Waals surface area contributed by atoms with Gasteiger partial charge in [-0.3, -0.25) is 4.79 Å². The molecule has 0 bridgehead atoms. The minimum atomic E-state index is -0.109. The predicted molar refractivity (Wildman–Crippen MR) is 83.9 cm³/mol. The van der Waals surface area contributed by atoms with Gasteiger partial charge < -0.3 is 20.3 Å². The minimum absolute atomic E-state index is 0.0695. The zero-order valence-corrected chi connectivity index (χ0v) is 14.0. The minimum Gasteiger partial charge on any atom is -0.379 e. The van der Waals surface area contributed by atoms with E-state index in [9.17, 15) is 4.79 Å². The maximum absolute atomic E-state index is 12.1. The van der Waals surface area contributed by atoms with Gasteiger partial charge in [-0.15, -0.1) is 0 Å². The van der Waals surface area contributed by atoms with Crippen molar-refractivity contribution in [2.45, 2.75) is 45.3 Å². The summed E-state index contributed by atoms with van der Waals surface area (Å²) >= 11 is 0. The van der Waals surface area contributed by atoms with Crippen LogP contribution in [-0.4, -0.2) is 64.3 Å². The second kappa shape index (κ2) is 11.1. The number of nitrogens with one attached hydrogen (secondary N) is 2. The van der Waals surface area contributed by atoms with Crippen molar-refractivity contribution in [3.8, 4) is 0 Å². The number of rotatable bonds is 11. The van der Waals surface area contributed by atoms with E-state index in [0.29, 0.717) is 12.5 Å². The lowest BCUT2D eigenvalue weighted by molar-refractivity contribution is -0.123. The average molecular weight is 287 g/mol. The number of likely N-dealkylation sites (N-methyl/N-ethyl adjacent to an activating group) is 1. The molecule has 0 rings (SSSR count). The first-order valence-electron chi connectivity index (χ1n) is 7.54. The van der Waals surface area contributed by atoms with Gasteiger partial charge in [-0.05, 0) is 46.4 Å². The highest BCUT2D eigenvalue weighted by Gasteiger charge is 2.18. The van der Waals surface area contributed by atoms with E-state index in [4.69, 9.17) is 4.74 Å². The molecule has 0 heterocycles. The van der Waals surface area contributed by atoms with Gasteiger partial charge >= 0.3 is 0 Å². The zero-order valence-electron chi connectivity index (χ0n) is 14.0. The highest BCUT2D eigenvalue weighted by Crippen LogP contribution is 2.05. The lowest BCUT2D eigenvalue weighted by Crippen LogP contribution is -2.46. The first kappa shape index (κ1) is 19.4. The van der Waals surface area contributed by atoms with Crippen molar-refractivity contribution in [3.05, 3.63) is 0 Å². The molecule has 2 N–H and O–H groups in total. The van der Waals surface area contributed by atoms with Gasteiger partial charge in [0.05, 0.1) is 12.1 Å². The molecule has 0 saturated carbocycles. The summed E-state index contributed by atoms with van der Waals surface area (Å²) in [5.74, 6) is 0.466. The topological polar surface area (TPSA) is 53.6 Å². The van der Waals surface area contributed by atoms with Crippen LogP contribution in [0.2, 0.25) is 0 Å². The second-order valence-corrected chi connectivity index (χ2v) is 5.90. The molecule has 0 aromatic heterocycles. The second-order valence-electron chi connectivity index (χ2n) is 5.90. The number of carbonyl (C=O) groups is 1. The summed E-state index contributed by atoms with van der Waals surface area (Å²) in [7, 11) is 7.66. The van der Waals surface area contributed by atoms with Crippen LogP contribution in [0.15, 0.2) is 0 Å². The summed E-state index contributed by atoms with van der Waals surface area (Å²) in [6, 6.07) is -0.109. The number of ether oxygens (including phenoxy) is 1. The van der Waals surface area contributed by atoms with Crippen molar-refractivity contribution < 1.29 is 9.53 Å². The van der Waals surface area contributed by atoms with Gasteiger partial charge in [-0.1, -0.05) is 20.3 Å². The maximum Gasteiger partial charge on any atom is 0.237 e. The molecule has 5 nitrogen and oxygen atoms in total. The van der Waals surface area contributed by atoms with Crippen LogP contribution in [0.5, 0.6) is 0 Å². The number of hydrogen-bond acceptors (Lipinski definition) is 4. The average Bonchev–Trinajstić information content (AvgIpc) is 2.38. The van der Waals surface area contributed by atoms with E-state index in [0.717, 1.165) is 25.8 Å². The van der Waals surface area contributed by atoms with Crippen LogP contribution in [0.4, 0.5) is 0 Å². The van der Waals surface area contributed by atoms with Crippen LogP contribution in [0, 0.1) is 5.92 Å². The maximum atomic E-state index is 12.1. The molecule has 1 unspecified atom stereocenters. The summed E-state index contributed by atoms with van der Waals surface area (Å²) in [5, 5.41) is 6.07. The number of hydrogen-bond donors (Lipinski definition) is 2. The number of carbonyl (C=O) groups excluding carboxylic acids is 1. The Bertz CT molecular complexity index is 258. The molecule has 5 heteroatoms. The van der Waals surface area contributed by atoms with Gasteiger partial charge in [-0.25, -0.2) is 0 Å². The molecule has 0 fully saturated rings.